The molecule has 2 aromatic heterocycles. The number of alkyl halides is 6. The molecule has 0 saturated carbocycles. The number of carbonyl (C=O) groups is 2. The topological polar surface area (TPSA) is 115 Å². The molecule has 0 radical (unpaired) electrons. The van der Waals surface area contributed by atoms with E-state index >= 15 is 0 Å². The lowest BCUT2D eigenvalue weighted by molar-refractivity contribution is -0.159. The van der Waals surface area contributed by atoms with E-state index in [0.29, 0.717) is 6.07 Å². The van der Waals surface area contributed by atoms with Crippen LogP contribution in [0.25, 0.3) is 11.4 Å². The maximum absolute atomic E-state index is 13.0. The van der Waals surface area contributed by atoms with Crippen LogP contribution in [-0.4, -0.2) is 69.0 Å². The summed E-state index contributed by atoms with van der Waals surface area (Å²) in [4.78, 5) is 30.1. The number of nitrogens with one attached hydrogen (secondary N) is 1. The lowest BCUT2D eigenvalue weighted by atomic mass is 10.1. The number of halogens is 6. The molecular weight excluding hydrogens is 514 g/mol. The normalized spacial score (nSPS) is 16.6. The van der Waals surface area contributed by atoms with Crippen LogP contribution < -0.4 is 5.32 Å². The standard InChI is InChI=1S/C21H18F6N6O4/c1-32-14(8-15(30-32)20(22,23)24)18(35)33-6-7-36-10-13(33)9-28-17(34)12-4-2-11(3-5-12)16-29-19(37-31-16)21(25,26)27/h2-5,8,13H,6-7,9-10H2,1H3,(H,28,34)/t13-/m1/s1. The molecule has 37 heavy (non-hydrogen) atoms. The first-order chi connectivity index (χ1) is 17.3. The zero-order valence-corrected chi connectivity index (χ0v) is 18.9. The number of rotatable bonds is 5. The van der Waals surface area contributed by atoms with Gasteiger partial charge in [0.15, 0.2) is 5.69 Å². The summed E-state index contributed by atoms with van der Waals surface area (Å²) >= 11 is 0. The molecular formula is C21H18F6N6O4. The molecule has 1 atom stereocenters. The molecule has 1 N–H and O–H groups in total. The van der Waals surface area contributed by atoms with Crippen LogP contribution in [0.3, 0.4) is 0 Å². The van der Waals surface area contributed by atoms with E-state index in [4.69, 9.17) is 4.74 Å². The molecule has 1 aromatic carbocycles. The molecule has 1 aliphatic rings. The van der Waals surface area contributed by atoms with Gasteiger partial charge in [0.05, 0.1) is 19.3 Å². The third-order valence-corrected chi connectivity index (χ3v) is 5.45. The Morgan fingerprint density at radius 3 is 2.41 bits per heavy atom. The summed E-state index contributed by atoms with van der Waals surface area (Å²) in [6, 6.07) is 5.33. The molecule has 0 spiro atoms. The Bertz CT molecular complexity index is 1280. The van der Waals surface area contributed by atoms with Crippen LogP contribution in [0.5, 0.6) is 0 Å². The highest BCUT2D eigenvalue weighted by atomic mass is 19.4. The van der Waals surface area contributed by atoms with Gasteiger partial charge < -0.3 is 19.5 Å². The quantitative estimate of drug-likeness (QED) is 0.503. The summed E-state index contributed by atoms with van der Waals surface area (Å²) in [5.41, 5.74) is -1.13. The third-order valence-electron chi connectivity index (χ3n) is 5.45. The maximum Gasteiger partial charge on any atom is 0.471 e. The highest BCUT2D eigenvalue weighted by molar-refractivity contribution is 5.95. The molecule has 3 aromatic rings. The molecule has 1 fully saturated rings. The minimum Gasteiger partial charge on any atom is -0.377 e. The number of ether oxygens (including phenoxy) is 1. The minimum atomic E-state index is -4.79. The SMILES string of the molecule is Cn1nc(C(F)(F)F)cc1C(=O)N1CCOC[C@H]1CNC(=O)c1ccc(-c2noc(C(F)(F)F)n2)cc1. The zero-order valence-electron chi connectivity index (χ0n) is 18.9. The second-order valence-corrected chi connectivity index (χ2v) is 7.97. The molecule has 4 rings (SSSR count). The third kappa shape index (κ3) is 5.73. The van der Waals surface area contributed by atoms with Crippen LogP contribution in [0.4, 0.5) is 26.3 Å². The van der Waals surface area contributed by atoms with E-state index in [1.807, 2.05) is 0 Å². The molecule has 10 nitrogen and oxygen atoms in total. The number of hydrogen-bond donors (Lipinski definition) is 1. The first-order valence-electron chi connectivity index (χ1n) is 10.6. The van der Waals surface area contributed by atoms with Gasteiger partial charge in [-0.25, -0.2) is 0 Å². The van der Waals surface area contributed by atoms with Crippen molar-refractivity contribution in [3.63, 3.8) is 0 Å². The van der Waals surface area contributed by atoms with Gasteiger partial charge in [-0.1, -0.05) is 17.3 Å². The van der Waals surface area contributed by atoms with Crippen molar-refractivity contribution in [1.82, 2.24) is 30.1 Å². The Hall–Kier alpha value is -3.95. The lowest BCUT2D eigenvalue weighted by Gasteiger charge is -2.35. The van der Waals surface area contributed by atoms with Crippen molar-refractivity contribution in [2.24, 2.45) is 7.05 Å². The van der Waals surface area contributed by atoms with Gasteiger partial charge in [-0.15, -0.1) is 0 Å². The minimum absolute atomic E-state index is 0.0360. The maximum atomic E-state index is 13.0. The van der Waals surface area contributed by atoms with E-state index in [1.165, 1.54) is 36.2 Å². The Kier molecular flexibility index (Phi) is 6.94. The number of carbonyl (C=O) groups excluding carboxylic acids is 2. The van der Waals surface area contributed by atoms with Gasteiger partial charge in [0.2, 0.25) is 5.82 Å². The summed E-state index contributed by atoms with van der Waals surface area (Å²) in [5, 5.41) is 9.24. The van der Waals surface area contributed by atoms with Gasteiger partial charge in [-0.2, -0.15) is 36.4 Å². The van der Waals surface area contributed by atoms with Gasteiger partial charge in [0.25, 0.3) is 11.8 Å². The lowest BCUT2D eigenvalue weighted by Crippen LogP contribution is -2.53. The van der Waals surface area contributed by atoms with E-state index in [1.54, 1.807) is 0 Å². The summed E-state index contributed by atoms with van der Waals surface area (Å²) < 4.78 is 87.2. The number of nitrogens with zero attached hydrogens (tertiary/aromatic N) is 5. The van der Waals surface area contributed by atoms with Gasteiger partial charge in [-0.05, 0) is 12.1 Å². The first-order valence-corrected chi connectivity index (χ1v) is 10.6. The molecule has 0 unspecified atom stereocenters. The largest absolute Gasteiger partial charge is 0.471 e. The predicted molar refractivity (Wildman–Crippen MR) is 111 cm³/mol. The molecule has 2 amide bonds. The summed E-state index contributed by atoms with van der Waals surface area (Å²) in [7, 11) is 1.22. The number of hydrogen-bond acceptors (Lipinski definition) is 7. The fourth-order valence-electron chi connectivity index (χ4n) is 3.58. The Balaban J connectivity index is 1.41. The van der Waals surface area contributed by atoms with Crippen molar-refractivity contribution < 1.29 is 45.2 Å². The fourth-order valence-corrected chi connectivity index (χ4v) is 3.58. The molecule has 0 bridgehead atoms. The molecule has 0 aliphatic carbocycles. The Morgan fingerprint density at radius 2 is 1.81 bits per heavy atom. The first kappa shape index (κ1) is 26.1. The van der Waals surface area contributed by atoms with Crippen LogP contribution in [0.15, 0.2) is 34.9 Å². The van der Waals surface area contributed by atoms with Crippen LogP contribution in [0.2, 0.25) is 0 Å². The van der Waals surface area contributed by atoms with E-state index < -0.39 is 41.8 Å². The molecule has 198 valence electrons. The number of aryl methyl sites for hydroxylation is 1. The van der Waals surface area contributed by atoms with Crippen LogP contribution >= 0.6 is 0 Å². The molecule has 1 saturated heterocycles. The summed E-state index contributed by atoms with van der Waals surface area (Å²) in [6.45, 7) is 0.212. The van der Waals surface area contributed by atoms with Crippen LogP contribution in [0, 0.1) is 0 Å². The molecule has 3 heterocycles. The van der Waals surface area contributed by atoms with Gasteiger partial charge >= 0.3 is 18.2 Å². The van der Waals surface area contributed by atoms with Crippen molar-refractivity contribution in [2.45, 2.75) is 18.4 Å². The Labute approximate surface area is 204 Å². The van der Waals surface area contributed by atoms with Gasteiger partial charge in [0, 0.05) is 37.3 Å². The number of aromatic nitrogens is 4. The van der Waals surface area contributed by atoms with Crippen molar-refractivity contribution in [1.29, 1.82) is 0 Å². The highest BCUT2D eigenvalue weighted by Gasteiger charge is 2.39. The zero-order chi connectivity index (χ0) is 27.0. The van der Waals surface area contributed by atoms with Crippen LogP contribution in [-0.2, 0) is 24.1 Å². The van der Waals surface area contributed by atoms with Gasteiger partial charge in [-0.3, -0.25) is 14.3 Å². The van der Waals surface area contributed by atoms with Crippen LogP contribution in [0.1, 0.15) is 32.4 Å². The second kappa shape index (κ2) is 9.84. The summed E-state index contributed by atoms with van der Waals surface area (Å²) in [5.74, 6) is -3.07. The number of benzene rings is 1. The van der Waals surface area contributed by atoms with Crippen molar-refractivity contribution in [3.05, 3.63) is 53.2 Å². The van der Waals surface area contributed by atoms with E-state index in [2.05, 4.69) is 25.1 Å². The summed E-state index contributed by atoms with van der Waals surface area (Å²) in [6.07, 6.45) is -9.50. The average Bonchev–Trinajstić information content (AvgIpc) is 3.50. The van der Waals surface area contributed by atoms with Gasteiger partial charge in [0.1, 0.15) is 5.69 Å². The van der Waals surface area contributed by atoms with Crippen molar-refractivity contribution in [3.8, 4) is 11.4 Å². The fraction of sp³-hybridized carbons (Fsp3) is 0.381. The molecule has 16 heteroatoms. The number of amides is 2. The predicted octanol–water partition coefficient (Wildman–Crippen LogP) is 2.78. The Morgan fingerprint density at radius 1 is 1.11 bits per heavy atom. The van der Waals surface area contributed by atoms with Crippen molar-refractivity contribution >= 4 is 11.8 Å². The van der Waals surface area contributed by atoms with E-state index in [9.17, 15) is 35.9 Å². The van der Waals surface area contributed by atoms with E-state index in [0.717, 1.165) is 4.68 Å². The molecule has 1 aliphatic heterocycles. The highest BCUT2D eigenvalue weighted by Crippen LogP contribution is 2.30. The second-order valence-electron chi connectivity index (χ2n) is 7.97. The smallest absolute Gasteiger partial charge is 0.377 e. The average molecular weight is 532 g/mol. The number of morpholine rings is 1. The monoisotopic (exact) mass is 532 g/mol. The van der Waals surface area contributed by atoms with Crippen molar-refractivity contribution in [2.75, 3.05) is 26.3 Å². The van der Waals surface area contributed by atoms with E-state index in [-0.39, 0.29) is 48.9 Å².